The van der Waals surface area contributed by atoms with Crippen LogP contribution in [0.5, 0.6) is 0 Å². The number of allylic oxidation sites excluding steroid dienone is 8. The standard InChI is InChI=1S/C41H73O12P/c1-3-5-7-9-11-13-14-15-16-17-18-19-20-21-22-23-24-26-28-30-35(42)52-34(32-50-31-29-27-25-12-10-8-6-4-2)33-51-54(48,49)53-41-39(46)37(44)36(43)38(45)40(41)47/h5,7,11,13,15-16,18-19,34,36-41,43-47H,3-4,6,8-10,12,14,17,20-33H2,1-2H3,(H,48,49)/b7-5-,13-11-,16-15-,19-18-. The summed E-state index contributed by atoms with van der Waals surface area (Å²) in [6.07, 6.45) is 24.9. The summed E-state index contributed by atoms with van der Waals surface area (Å²) in [5.74, 6) is -0.495. The van der Waals surface area contributed by atoms with Crippen LogP contribution < -0.4 is 0 Å². The van der Waals surface area contributed by atoms with E-state index in [4.69, 9.17) is 18.5 Å². The van der Waals surface area contributed by atoms with Gasteiger partial charge in [0.05, 0.1) is 13.2 Å². The lowest BCUT2D eigenvalue weighted by Gasteiger charge is -2.41. The number of phosphoric acid groups is 1. The first-order valence-corrected chi connectivity index (χ1v) is 22.0. The van der Waals surface area contributed by atoms with E-state index in [0.29, 0.717) is 13.0 Å². The van der Waals surface area contributed by atoms with Crippen LogP contribution in [-0.2, 0) is 27.9 Å². The first kappa shape index (κ1) is 50.3. The van der Waals surface area contributed by atoms with Crippen molar-refractivity contribution in [3.8, 4) is 0 Å². The van der Waals surface area contributed by atoms with Crippen molar-refractivity contribution in [3.63, 3.8) is 0 Å². The highest BCUT2D eigenvalue weighted by Crippen LogP contribution is 2.47. The monoisotopic (exact) mass is 788 g/mol. The van der Waals surface area contributed by atoms with Crippen LogP contribution in [0.4, 0.5) is 0 Å². The highest BCUT2D eigenvalue weighted by Gasteiger charge is 2.51. The van der Waals surface area contributed by atoms with E-state index in [1.807, 2.05) is 0 Å². The summed E-state index contributed by atoms with van der Waals surface area (Å²) in [6.45, 7) is 4.07. The summed E-state index contributed by atoms with van der Waals surface area (Å²) in [4.78, 5) is 23.0. The van der Waals surface area contributed by atoms with Crippen LogP contribution in [0, 0.1) is 0 Å². The van der Waals surface area contributed by atoms with Crippen molar-refractivity contribution < 1.29 is 58.3 Å². The van der Waals surface area contributed by atoms with Crippen molar-refractivity contribution in [2.75, 3.05) is 19.8 Å². The molecular formula is C41H73O12P. The number of carbonyl (C=O) groups is 1. The predicted octanol–water partition coefficient (Wildman–Crippen LogP) is 7.30. The van der Waals surface area contributed by atoms with Gasteiger partial charge in [-0.15, -0.1) is 0 Å². The second-order valence-corrected chi connectivity index (χ2v) is 15.5. The molecule has 0 aromatic heterocycles. The lowest BCUT2D eigenvalue weighted by Crippen LogP contribution is -2.64. The Morgan fingerprint density at radius 2 is 1.09 bits per heavy atom. The predicted molar refractivity (Wildman–Crippen MR) is 212 cm³/mol. The highest BCUT2D eigenvalue weighted by atomic mass is 31.2. The summed E-state index contributed by atoms with van der Waals surface area (Å²) in [7, 11) is -5.01. The Morgan fingerprint density at radius 1 is 0.611 bits per heavy atom. The molecule has 13 heteroatoms. The van der Waals surface area contributed by atoms with Gasteiger partial charge in [0.2, 0.25) is 0 Å². The quantitative estimate of drug-likeness (QED) is 0.0169. The number of unbranched alkanes of at least 4 members (excludes halogenated alkanes) is 13. The highest BCUT2D eigenvalue weighted by molar-refractivity contribution is 7.47. The first-order valence-electron chi connectivity index (χ1n) is 20.5. The molecular weight excluding hydrogens is 715 g/mol. The number of esters is 1. The Balaban J connectivity index is 2.41. The molecule has 6 unspecified atom stereocenters. The molecule has 54 heavy (non-hydrogen) atoms. The second kappa shape index (κ2) is 32.4. The largest absolute Gasteiger partial charge is 0.472 e. The van der Waals surface area contributed by atoms with Gasteiger partial charge < -0.3 is 39.9 Å². The van der Waals surface area contributed by atoms with Crippen LogP contribution in [0.15, 0.2) is 48.6 Å². The number of ether oxygens (including phenoxy) is 2. The van der Waals surface area contributed by atoms with Crippen LogP contribution in [0.2, 0.25) is 0 Å². The summed E-state index contributed by atoms with van der Waals surface area (Å²) in [5, 5.41) is 49.9. The van der Waals surface area contributed by atoms with Crippen molar-refractivity contribution in [2.24, 2.45) is 0 Å². The fraction of sp³-hybridized carbons (Fsp3) is 0.780. The van der Waals surface area contributed by atoms with E-state index >= 15 is 0 Å². The number of rotatable bonds is 33. The molecule has 0 aromatic rings. The van der Waals surface area contributed by atoms with Crippen molar-refractivity contribution in [1.29, 1.82) is 0 Å². The van der Waals surface area contributed by atoms with Crippen LogP contribution in [0.1, 0.15) is 142 Å². The van der Waals surface area contributed by atoms with Crippen LogP contribution in [0.3, 0.4) is 0 Å². The lowest BCUT2D eigenvalue weighted by molar-refractivity contribution is -0.220. The minimum Gasteiger partial charge on any atom is -0.457 e. The van der Waals surface area contributed by atoms with E-state index in [9.17, 15) is 39.8 Å². The van der Waals surface area contributed by atoms with Gasteiger partial charge >= 0.3 is 13.8 Å². The topological polar surface area (TPSA) is 192 Å². The molecule has 0 radical (unpaired) electrons. The zero-order chi connectivity index (χ0) is 39.9. The molecule has 6 N–H and O–H groups in total. The minimum atomic E-state index is -5.01. The minimum absolute atomic E-state index is 0.0835. The second-order valence-electron chi connectivity index (χ2n) is 14.1. The lowest BCUT2D eigenvalue weighted by atomic mass is 9.85. The van der Waals surface area contributed by atoms with E-state index in [-0.39, 0.29) is 13.0 Å². The Labute approximate surface area is 325 Å². The average molecular weight is 789 g/mol. The van der Waals surface area contributed by atoms with E-state index in [0.717, 1.165) is 83.5 Å². The maximum atomic E-state index is 12.7. The Bertz CT molecular complexity index is 1080. The van der Waals surface area contributed by atoms with Gasteiger partial charge in [-0.1, -0.05) is 133 Å². The number of aliphatic hydroxyl groups is 5. The van der Waals surface area contributed by atoms with Crippen molar-refractivity contribution >= 4 is 13.8 Å². The Kier molecular flexibility index (Phi) is 30.2. The summed E-state index contributed by atoms with van der Waals surface area (Å²) < 4.78 is 33.9. The van der Waals surface area contributed by atoms with Crippen molar-refractivity contribution in [3.05, 3.63) is 48.6 Å². The molecule has 12 nitrogen and oxygen atoms in total. The SMILES string of the molecule is CC/C=C\C/C=C\C/C=C\C/C=C\CCCCCCCCC(=O)OC(COCCCCCCCCCC)COP(=O)(O)OC1C(O)C(O)C(O)C(O)C1O. The fourth-order valence-electron chi connectivity index (χ4n) is 5.93. The third kappa shape index (κ3) is 24.7. The molecule has 1 aliphatic rings. The fourth-order valence-corrected chi connectivity index (χ4v) is 6.91. The summed E-state index contributed by atoms with van der Waals surface area (Å²) in [5.41, 5.74) is 0. The smallest absolute Gasteiger partial charge is 0.457 e. The molecule has 1 fully saturated rings. The van der Waals surface area contributed by atoms with Gasteiger partial charge in [0, 0.05) is 13.0 Å². The zero-order valence-electron chi connectivity index (χ0n) is 33.0. The van der Waals surface area contributed by atoms with Crippen molar-refractivity contribution in [1.82, 2.24) is 0 Å². The number of hydrogen-bond donors (Lipinski definition) is 6. The molecule has 0 amide bonds. The third-order valence-corrected chi connectivity index (χ3v) is 10.2. The van der Waals surface area contributed by atoms with Crippen LogP contribution >= 0.6 is 7.82 Å². The van der Waals surface area contributed by atoms with Gasteiger partial charge in [-0.2, -0.15) is 0 Å². The van der Waals surface area contributed by atoms with Gasteiger partial charge in [-0.05, 0) is 51.4 Å². The molecule has 0 spiro atoms. The van der Waals surface area contributed by atoms with Gasteiger partial charge in [0.15, 0.2) is 0 Å². The number of carbonyl (C=O) groups excluding carboxylic acids is 1. The van der Waals surface area contributed by atoms with E-state index < -0.39 is 63.1 Å². The molecule has 0 aromatic carbocycles. The van der Waals surface area contributed by atoms with Gasteiger partial charge in [0.25, 0.3) is 0 Å². The normalized spacial score (nSPS) is 23.9. The van der Waals surface area contributed by atoms with Gasteiger partial charge in [-0.3, -0.25) is 13.8 Å². The molecule has 0 saturated heterocycles. The maximum Gasteiger partial charge on any atom is 0.472 e. The van der Waals surface area contributed by atoms with Crippen molar-refractivity contribution in [2.45, 2.75) is 185 Å². The molecule has 0 bridgehead atoms. The molecule has 1 saturated carbocycles. The van der Waals surface area contributed by atoms with Crippen LogP contribution in [-0.4, -0.2) is 98.9 Å². The zero-order valence-corrected chi connectivity index (χ0v) is 33.9. The van der Waals surface area contributed by atoms with E-state index in [2.05, 4.69) is 62.5 Å². The summed E-state index contributed by atoms with van der Waals surface area (Å²) >= 11 is 0. The number of aliphatic hydroxyl groups excluding tert-OH is 5. The van der Waals surface area contributed by atoms with Gasteiger partial charge in [0.1, 0.15) is 42.7 Å². The average Bonchev–Trinajstić information content (AvgIpc) is 3.15. The Hall–Kier alpha value is -1.70. The molecule has 0 heterocycles. The molecule has 1 aliphatic carbocycles. The van der Waals surface area contributed by atoms with E-state index in [1.54, 1.807) is 0 Å². The molecule has 6 atom stereocenters. The van der Waals surface area contributed by atoms with Crippen LogP contribution in [0.25, 0.3) is 0 Å². The maximum absolute atomic E-state index is 12.7. The first-order chi connectivity index (χ1) is 26.0. The number of phosphoric ester groups is 1. The molecule has 0 aliphatic heterocycles. The summed E-state index contributed by atoms with van der Waals surface area (Å²) in [6, 6.07) is 0. The van der Waals surface area contributed by atoms with Gasteiger partial charge in [-0.25, -0.2) is 4.57 Å². The van der Waals surface area contributed by atoms with E-state index in [1.165, 1.54) is 32.1 Å². The third-order valence-electron chi connectivity index (χ3n) is 9.22. The molecule has 1 rings (SSSR count). The Morgan fingerprint density at radius 3 is 1.67 bits per heavy atom. The molecule has 314 valence electrons. The number of hydrogen-bond acceptors (Lipinski definition) is 11.